The van der Waals surface area contributed by atoms with E-state index in [0.717, 1.165) is 37.0 Å². The van der Waals surface area contributed by atoms with Gasteiger partial charge >= 0.3 is 12.1 Å². The minimum absolute atomic E-state index is 0.0703. The lowest BCUT2D eigenvalue weighted by Gasteiger charge is -2.23. The summed E-state index contributed by atoms with van der Waals surface area (Å²) in [5.74, 6) is -2.49. The van der Waals surface area contributed by atoms with E-state index in [-0.39, 0.29) is 29.7 Å². The Morgan fingerprint density at radius 2 is 1.89 bits per heavy atom. The molecule has 0 saturated heterocycles. The average Bonchev–Trinajstić information content (AvgIpc) is 3.44. The number of aryl methyl sites for hydroxylation is 1. The molecule has 2 N–H and O–H groups in total. The van der Waals surface area contributed by atoms with Gasteiger partial charge in [-0.2, -0.15) is 18.3 Å². The standard InChI is InChI=1S/C26H23F4N3O3/c1-14-9-18(11-19(23(34)35)22(14)33-13-16(12-31-33)15-3-2-4-15)32-24(36)25(7-8-25)20-6-5-17(10-21(20)27)26(28,29)30/h5-6,9-13,15H,2-4,7-8H2,1H3,(H,32,36)(H,34,35). The highest BCUT2D eigenvalue weighted by Gasteiger charge is 2.53. The molecule has 0 spiro atoms. The molecule has 2 aromatic carbocycles. The number of hydrogen-bond acceptors (Lipinski definition) is 3. The number of anilines is 1. The molecular formula is C26H23F4N3O3. The third-order valence-electron chi connectivity index (χ3n) is 7.19. The van der Waals surface area contributed by atoms with Crippen LogP contribution >= 0.6 is 0 Å². The van der Waals surface area contributed by atoms with Gasteiger partial charge in [-0.25, -0.2) is 13.9 Å². The number of benzene rings is 2. The first-order valence-corrected chi connectivity index (χ1v) is 11.6. The summed E-state index contributed by atoms with van der Waals surface area (Å²) >= 11 is 0. The molecule has 5 rings (SSSR count). The van der Waals surface area contributed by atoms with Crippen LogP contribution in [0.1, 0.15) is 70.6 Å². The third kappa shape index (κ3) is 4.14. The van der Waals surface area contributed by atoms with Crippen molar-refractivity contribution >= 4 is 17.6 Å². The fraction of sp³-hybridized carbons (Fsp3) is 0.346. The second-order valence-electron chi connectivity index (χ2n) is 9.57. The predicted molar refractivity (Wildman–Crippen MR) is 123 cm³/mol. The Morgan fingerprint density at radius 3 is 2.44 bits per heavy atom. The van der Waals surface area contributed by atoms with Gasteiger partial charge in [0.1, 0.15) is 5.82 Å². The maximum Gasteiger partial charge on any atom is 0.416 e. The molecule has 2 saturated carbocycles. The summed E-state index contributed by atoms with van der Waals surface area (Å²) in [4.78, 5) is 25.2. The molecule has 3 aromatic rings. The number of amides is 1. The van der Waals surface area contributed by atoms with Crippen molar-refractivity contribution in [1.82, 2.24) is 9.78 Å². The van der Waals surface area contributed by atoms with Crippen LogP contribution in [0.25, 0.3) is 5.69 Å². The number of carboxylic acids is 1. The van der Waals surface area contributed by atoms with Crippen LogP contribution in [-0.4, -0.2) is 26.8 Å². The Kier molecular flexibility index (Phi) is 5.65. The van der Waals surface area contributed by atoms with Gasteiger partial charge in [-0.05, 0) is 73.9 Å². The number of carboxylic acid groups (broad SMARTS) is 1. The summed E-state index contributed by atoms with van der Waals surface area (Å²) in [6, 6.07) is 5.07. The molecule has 2 aliphatic carbocycles. The van der Waals surface area contributed by atoms with Crippen LogP contribution in [-0.2, 0) is 16.4 Å². The maximum absolute atomic E-state index is 14.6. The lowest BCUT2D eigenvalue weighted by atomic mass is 9.81. The SMILES string of the molecule is Cc1cc(NC(=O)C2(c3ccc(C(F)(F)F)cc3F)CC2)cc(C(=O)O)c1-n1cc(C2CCC2)cn1. The number of nitrogens with zero attached hydrogens (tertiary/aromatic N) is 2. The first kappa shape index (κ1) is 24.0. The second-order valence-corrected chi connectivity index (χ2v) is 9.57. The van der Waals surface area contributed by atoms with Crippen molar-refractivity contribution in [2.24, 2.45) is 0 Å². The highest BCUT2D eigenvalue weighted by atomic mass is 19.4. The van der Waals surface area contributed by atoms with E-state index in [1.165, 1.54) is 10.7 Å². The van der Waals surface area contributed by atoms with Crippen molar-refractivity contribution in [3.63, 3.8) is 0 Å². The predicted octanol–water partition coefficient (Wildman–Crippen LogP) is 5.97. The van der Waals surface area contributed by atoms with Crippen molar-refractivity contribution in [2.45, 2.75) is 56.5 Å². The molecule has 2 fully saturated rings. The van der Waals surface area contributed by atoms with Gasteiger partial charge in [0.25, 0.3) is 0 Å². The summed E-state index contributed by atoms with van der Waals surface area (Å²) in [6.45, 7) is 1.70. The summed E-state index contributed by atoms with van der Waals surface area (Å²) < 4.78 is 54.9. The van der Waals surface area contributed by atoms with Gasteiger partial charge in [0, 0.05) is 17.4 Å². The number of rotatable bonds is 6. The van der Waals surface area contributed by atoms with Crippen molar-refractivity contribution in [2.75, 3.05) is 5.32 Å². The zero-order chi connectivity index (χ0) is 25.8. The maximum atomic E-state index is 14.6. The smallest absolute Gasteiger partial charge is 0.416 e. The van der Waals surface area contributed by atoms with Crippen LogP contribution in [0.15, 0.2) is 42.7 Å². The fourth-order valence-electron chi connectivity index (χ4n) is 4.80. The summed E-state index contributed by atoms with van der Waals surface area (Å²) in [7, 11) is 0. The molecule has 1 heterocycles. The third-order valence-corrected chi connectivity index (χ3v) is 7.19. The molecule has 36 heavy (non-hydrogen) atoms. The van der Waals surface area contributed by atoms with E-state index in [1.807, 2.05) is 6.20 Å². The molecule has 10 heteroatoms. The minimum Gasteiger partial charge on any atom is -0.478 e. The largest absolute Gasteiger partial charge is 0.478 e. The zero-order valence-electron chi connectivity index (χ0n) is 19.3. The molecule has 6 nitrogen and oxygen atoms in total. The van der Waals surface area contributed by atoms with Crippen molar-refractivity contribution in [1.29, 1.82) is 0 Å². The first-order valence-electron chi connectivity index (χ1n) is 11.6. The van der Waals surface area contributed by atoms with Crippen LogP contribution in [0.5, 0.6) is 0 Å². The topological polar surface area (TPSA) is 84.2 Å². The molecule has 188 valence electrons. The summed E-state index contributed by atoms with van der Waals surface area (Å²) in [5, 5.41) is 16.9. The van der Waals surface area contributed by atoms with E-state index in [4.69, 9.17) is 0 Å². The summed E-state index contributed by atoms with van der Waals surface area (Å²) in [5.41, 5.74) is -0.438. The number of aromatic nitrogens is 2. The number of halogens is 4. The molecule has 0 aliphatic heterocycles. The molecule has 0 atom stereocenters. The number of hydrogen-bond donors (Lipinski definition) is 2. The summed E-state index contributed by atoms with van der Waals surface area (Å²) in [6.07, 6.45) is 2.69. The first-order chi connectivity index (χ1) is 17.0. The fourth-order valence-corrected chi connectivity index (χ4v) is 4.80. The Balaban J connectivity index is 1.43. The lowest BCUT2D eigenvalue weighted by molar-refractivity contribution is -0.137. The van der Waals surface area contributed by atoms with E-state index in [1.54, 1.807) is 19.2 Å². The highest BCUT2D eigenvalue weighted by molar-refractivity contribution is 6.03. The van der Waals surface area contributed by atoms with Gasteiger partial charge in [0.05, 0.1) is 28.4 Å². The highest BCUT2D eigenvalue weighted by Crippen LogP contribution is 2.50. The zero-order valence-corrected chi connectivity index (χ0v) is 19.3. The second kappa shape index (κ2) is 8.46. The van der Waals surface area contributed by atoms with E-state index in [0.29, 0.717) is 23.2 Å². The number of carbonyl (C=O) groups excluding carboxylic acids is 1. The van der Waals surface area contributed by atoms with Crippen molar-refractivity contribution < 1.29 is 32.3 Å². The van der Waals surface area contributed by atoms with Crippen LogP contribution in [0.3, 0.4) is 0 Å². The molecule has 0 unspecified atom stereocenters. The monoisotopic (exact) mass is 501 g/mol. The van der Waals surface area contributed by atoms with E-state index in [9.17, 15) is 32.3 Å². The van der Waals surface area contributed by atoms with Gasteiger partial charge in [-0.15, -0.1) is 0 Å². The van der Waals surface area contributed by atoms with Crippen molar-refractivity contribution in [3.05, 3.63) is 76.4 Å². The quantitative estimate of drug-likeness (QED) is 0.408. The lowest BCUT2D eigenvalue weighted by Crippen LogP contribution is -2.29. The molecule has 1 amide bonds. The van der Waals surface area contributed by atoms with Gasteiger partial charge in [-0.3, -0.25) is 4.79 Å². The molecular weight excluding hydrogens is 478 g/mol. The number of nitrogens with one attached hydrogen (secondary N) is 1. The molecule has 1 aromatic heterocycles. The normalized spacial score (nSPS) is 16.9. The number of alkyl halides is 3. The Labute approximate surface area is 203 Å². The Morgan fingerprint density at radius 1 is 1.17 bits per heavy atom. The van der Waals surface area contributed by atoms with Gasteiger partial charge in [-0.1, -0.05) is 12.5 Å². The van der Waals surface area contributed by atoms with Gasteiger partial charge in [0.15, 0.2) is 0 Å². The number of aromatic carboxylic acids is 1. The van der Waals surface area contributed by atoms with Gasteiger partial charge in [0.2, 0.25) is 5.91 Å². The minimum atomic E-state index is -4.70. The number of carbonyl (C=O) groups is 2. The van der Waals surface area contributed by atoms with Gasteiger partial charge < -0.3 is 10.4 Å². The Bertz CT molecular complexity index is 1370. The van der Waals surface area contributed by atoms with E-state index < -0.39 is 34.8 Å². The Hall–Kier alpha value is -3.69. The van der Waals surface area contributed by atoms with Crippen LogP contribution < -0.4 is 5.32 Å². The van der Waals surface area contributed by atoms with Crippen LogP contribution in [0.2, 0.25) is 0 Å². The molecule has 0 radical (unpaired) electrons. The van der Waals surface area contributed by atoms with Crippen LogP contribution in [0, 0.1) is 12.7 Å². The average molecular weight is 501 g/mol. The van der Waals surface area contributed by atoms with Crippen molar-refractivity contribution in [3.8, 4) is 5.69 Å². The van der Waals surface area contributed by atoms with E-state index in [2.05, 4.69) is 10.4 Å². The molecule has 2 aliphatic rings. The van der Waals surface area contributed by atoms with Crippen LogP contribution in [0.4, 0.5) is 23.2 Å². The molecule has 0 bridgehead atoms. The van der Waals surface area contributed by atoms with E-state index >= 15 is 0 Å².